The molecular formula is C13H15F4NO2S. The van der Waals surface area contributed by atoms with Gasteiger partial charge < -0.3 is 10.1 Å². The highest BCUT2D eigenvalue weighted by Crippen LogP contribution is 2.28. The number of rotatable bonds is 6. The molecule has 0 radical (unpaired) electrons. The molecule has 0 fully saturated rings. The highest BCUT2D eigenvalue weighted by molar-refractivity contribution is 7.98. The van der Waals surface area contributed by atoms with E-state index in [0.29, 0.717) is 5.75 Å². The number of carbonyl (C=O) groups is 1. The number of hydrogen-bond acceptors (Lipinski definition) is 3. The molecule has 3 nitrogen and oxygen atoms in total. The van der Waals surface area contributed by atoms with Crippen molar-refractivity contribution in [2.24, 2.45) is 5.92 Å². The van der Waals surface area contributed by atoms with E-state index < -0.39 is 18.6 Å². The van der Waals surface area contributed by atoms with Crippen LogP contribution in [0.4, 0.5) is 23.2 Å². The lowest BCUT2D eigenvalue weighted by atomic mass is 10.2. The maximum Gasteiger partial charge on any atom is 0.422 e. The van der Waals surface area contributed by atoms with Crippen LogP contribution >= 0.6 is 11.8 Å². The van der Waals surface area contributed by atoms with Gasteiger partial charge in [-0.2, -0.15) is 24.9 Å². The van der Waals surface area contributed by atoms with Gasteiger partial charge in [0.1, 0.15) is 11.6 Å². The van der Waals surface area contributed by atoms with Gasteiger partial charge in [0.2, 0.25) is 5.91 Å². The Bertz CT molecular complexity index is 494. The average Bonchev–Trinajstić information content (AvgIpc) is 2.38. The zero-order chi connectivity index (χ0) is 16.0. The van der Waals surface area contributed by atoms with Gasteiger partial charge in [-0.3, -0.25) is 4.79 Å². The van der Waals surface area contributed by atoms with Crippen molar-refractivity contribution in [2.75, 3.05) is 23.9 Å². The first kappa shape index (κ1) is 17.6. The maximum atomic E-state index is 13.1. The molecule has 1 aromatic rings. The van der Waals surface area contributed by atoms with Crippen molar-refractivity contribution < 1.29 is 27.1 Å². The molecule has 0 bridgehead atoms. The van der Waals surface area contributed by atoms with E-state index >= 15 is 0 Å². The summed E-state index contributed by atoms with van der Waals surface area (Å²) in [5.74, 6) is -1.24. The minimum absolute atomic E-state index is 0.0126. The van der Waals surface area contributed by atoms with Crippen LogP contribution in [0, 0.1) is 11.7 Å². The van der Waals surface area contributed by atoms with Gasteiger partial charge in [-0.05, 0) is 18.4 Å². The summed E-state index contributed by atoms with van der Waals surface area (Å²) < 4.78 is 54.1. The van der Waals surface area contributed by atoms with Crippen LogP contribution in [0.15, 0.2) is 18.2 Å². The summed E-state index contributed by atoms with van der Waals surface area (Å²) >= 11 is 1.47. The second kappa shape index (κ2) is 7.53. The van der Waals surface area contributed by atoms with Crippen molar-refractivity contribution >= 4 is 23.4 Å². The third-order valence-corrected chi connectivity index (χ3v) is 3.29. The number of alkyl halides is 3. The Morgan fingerprint density at radius 1 is 1.43 bits per heavy atom. The second-order valence-electron chi connectivity index (χ2n) is 4.39. The van der Waals surface area contributed by atoms with Crippen molar-refractivity contribution in [1.82, 2.24) is 0 Å². The molecule has 1 aromatic carbocycles. The van der Waals surface area contributed by atoms with Crippen LogP contribution in [-0.4, -0.2) is 30.7 Å². The first-order chi connectivity index (χ1) is 9.73. The number of nitrogens with one attached hydrogen (secondary N) is 1. The van der Waals surface area contributed by atoms with E-state index in [-0.39, 0.29) is 23.3 Å². The minimum atomic E-state index is -4.54. The summed E-state index contributed by atoms with van der Waals surface area (Å²) in [4.78, 5) is 11.8. The average molecular weight is 325 g/mol. The van der Waals surface area contributed by atoms with Crippen molar-refractivity contribution in [2.45, 2.75) is 13.1 Å². The van der Waals surface area contributed by atoms with Gasteiger partial charge in [0.05, 0.1) is 5.69 Å². The zero-order valence-corrected chi connectivity index (χ0v) is 12.3. The molecule has 118 valence electrons. The van der Waals surface area contributed by atoms with E-state index in [1.165, 1.54) is 17.8 Å². The Labute approximate surface area is 124 Å². The molecule has 8 heteroatoms. The SMILES string of the molecule is CSC[C@H](C)C(=O)Nc1ccc(F)cc1OCC(F)(F)F. The highest BCUT2D eigenvalue weighted by Gasteiger charge is 2.29. The van der Waals surface area contributed by atoms with Crippen LogP contribution in [-0.2, 0) is 4.79 Å². The van der Waals surface area contributed by atoms with Crippen LogP contribution in [0.1, 0.15) is 6.92 Å². The number of ether oxygens (including phenoxy) is 1. The Morgan fingerprint density at radius 3 is 2.67 bits per heavy atom. The van der Waals surface area contributed by atoms with Gasteiger partial charge in [-0.1, -0.05) is 6.92 Å². The van der Waals surface area contributed by atoms with E-state index in [2.05, 4.69) is 10.1 Å². The molecule has 0 heterocycles. The highest BCUT2D eigenvalue weighted by atomic mass is 32.2. The van der Waals surface area contributed by atoms with E-state index in [1.807, 2.05) is 6.26 Å². The third kappa shape index (κ3) is 6.24. The Balaban J connectivity index is 2.84. The number of anilines is 1. The predicted molar refractivity (Wildman–Crippen MR) is 74.1 cm³/mol. The third-order valence-electron chi connectivity index (χ3n) is 2.46. The number of hydrogen-bond donors (Lipinski definition) is 1. The van der Waals surface area contributed by atoms with Gasteiger partial charge in [0, 0.05) is 17.7 Å². The number of halogens is 4. The quantitative estimate of drug-likeness (QED) is 0.811. The maximum absolute atomic E-state index is 13.1. The molecule has 21 heavy (non-hydrogen) atoms. The zero-order valence-electron chi connectivity index (χ0n) is 11.5. The largest absolute Gasteiger partial charge is 0.482 e. The monoisotopic (exact) mass is 325 g/mol. The molecule has 1 atom stereocenters. The lowest BCUT2D eigenvalue weighted by Crippen LogP contribution is -2.23. The summed E-state index contributed by atoms with van der Waals surface area (Å²) in [6.07, 6.45) is -2.71. The Morgan fingerprint density at radius 2 is 2.10 bits per heavy atom. The topological polar surface area (TPSA) is 38.3 Å². The lowest BCUT2D eigenvalue weighted by molar-refractivity contribution is -0.153. The van der Waals surface area contributed by atoms with E-state index in [4.69, 9.17) is 0 Å². The van der Waals surface area contributed by atoms with Gasteiger partial charge in [0.15, 0.2) is 6.61 Å². The normalized spacial score (nSPS) is 12.9. The predicted octanol–water partition coefficient (Wildman–Crippen LogP) is 3.70. The van der Waals surface area contributed by atoms with Crippen molar-refractivity contribution in [3.63, 3.8) is 0 Å². The molecule has 0 aliphatic rings. The molecule has 0 saturated carbocycles. The molecular weight excluding hydrogens is 310 g/mol. The van der Waals surface area contributed by atoms with E-state index in [9.17, 15) is 22.4 Å². The number of benzene rings is 1. The van der Waals surface area contributed by atoms with Crippen molar-refractivity contribution in [3.05, 3.63) is 24.0 Å². The van der Waals surface area contributed by atoms with Gasteiger partial charge in [-0.15, -0.1) is 0 Å². The standard InChI is InChI=1S/C13H15F4NO2S/c1-8(6-21-2)12(19)18-10-4-3-9(14)5-11(10)20-7-13(15,16)17/h3-5,8H,6-7H2,1-2H3,(H,18,19)/t8-/m0/s1. The molecule has 0 aliphatic carbocycles. The van der Waals surface area contributed by atoms with Crippen LogP contribution in [0.25, 0.3) is 0 Å². The first-order valence-corrected chi connectivity index (χ1v) is 7.41. The van der Waals surface area contributed by atoms with Crippen LogP contribution in [0.2, 0.25) is 0 Å². The Kier molecular flexibility index (Phi) is 6.32. The van der Waals surface area contributed by atoms with Crippen LogP contribution in [0.5, 0.6) is 5.75 Å². The smallest absolute Gasteiger partial charge is 0.422 e. The van der Waals surface area contributed by atoms with Crippen LogP contribution < -0.4 is 10.1 Å². The summed E-state index contributed by atoms with van der Waals surface area (Å²) in [6, 6.07) is 3.01. The second-order valence-corrected chi connectivity index (χ2v) is 5.30. The van der Waals surface area contributed by atoms with E-state index in [0.717, 1.165) is 12.1 Å². The summed E-state index contributed by atoms with van der Waals surface area (Å²) in [5.41, 5.74) is 0.0126. The number of carbonyl (C=O) groups excluding carboxylic acids is 1. The molecule has 0 unspecified atom stereocenters. The fourth-order valence-electron chi connectivity index (χ4n) is 1.46. The molecule has 0 aromatic heterocycles. The molecule has 1 rings (SSSR count). The first-order valence-electron chi connectivity index (χ1n) is 6.02. The fraction of sp³-hybridized carbons (Fsp3) is 0.462. The molecule has 0 spiro atoms. The van der Waals surface area contributed by atoms with Gasteiger partial charge in [0.25, 0.3) is 0 Å². The summed E-state index contributed by atoms with van der Waals surface area (Å²) in [5, 5.41) is 2.45. The minimum Gasteiger partial charge on any atom is -0.482 e. The molecule has 1 N–H and O–H groups in total. The van der Waals surface area contributed by atoms with Crippen molar-refractivity contribution in [1.29, 1.82) is 0 Å². The Hall–Kier alpha value is -1.44. The number of thioether (sulfide) groups is 1. The summed E-state index contributed by atoms with van der Waals surface area (Å²) in [7, 11) is 0. The number of amides is 1. The van der Waals surface area contributed by atoms with Gasteiger partial charge >= 0.3 is 6.18 Å². The van der Waals surface area contributed by atoms with Crippen molar-refractivity contribution in [3.8, 4) is 5.75 Å². The lowest BCUT2D eigenvalue weighted by Gasteiger charge is -2.16. The molecule has 0 saturated heterocycles. The van der Waals surface area contributed by atoms with Crippen LogP contribution in [0.3, 0.4) is 0 Å². The fourth-order valence-corrected chi connectivity index (χ4v) is 2.11. The molecule has 1 amide bonds. The van der Waals surface area contributed by atoms with Gasteiger partial charge in [-0.25, -0.2) is 4.39 Å². The molecule has 0 aliphatic heterocycles. The summed E-state index contributed by atoms with van der Waals surface area (Å²) in [6.45, 7) is 0.130. The van der Waals surface area contributed by atoms with E-state index in [1.54, 1.807) is 6.92 Å².